The Morgan fingerprint density at radius 3 is 2.76 bits per heavy atom. The molecule has 0 amide bonds. The molecule has 94 valence electrons. The molecule has 1 aromatic rings. The second kappa shape index (κ2) is 6.82. The molecule has 0 radical (unpaired) electrons. The number of benzene rings is 1. The number of hydrogen-bond acceptors (Lipinski definition) is 5. The van der Waals surface area contributed by atoms with E-state index >= 15 is 0 Å². The molecule has 0 fully saturated rings. The van der Waals surface area contributed by atoms with Crippen molar-refractivity contribution in [1.82, 2.24) is 0 Å². The summed E-state index contributed by atoms with van der Waals surface area (Å²) < 4.78 is 10.3. The van der Waals surface area contributed by atoms with Crippen LogP contribution >= 0.6 is 0 Å². The summed E-state index contributed by atoms with van der Waals surface area (Å²) in [5.74, 6) is 0.154. The van der Waals surface area contributed by atoms with Gasteiger partial charge in [0.05, 0.1) is 18.1 Å². The monoisotopic (exact) mass is 241 g/mol. The second-order valence-corrected chi connectivity index (χ2v) is 3.26. The number of aliphatic hydroxyl groups is 1. The molecule has 0 heterocycles. The normalized spacial score (nSPS) is 10.2. The Morgan fingerprint density at radius 1 is 1.41 bits per heavy atom. The summed E-state index contributed by atoms with van der Waals surface area (Å²) in [7, 11) is 0. The van der Waals surface area contributed by atoms with E-state index in [4.69, 9.17) is 14.6 Å². The lowest BCUT2D eigenvalue weighted by Gasteiger charge is -2.07. The van der Waals surface area contributed by atoms with Gasteiger partial charge in [0.2, 0.25) is 0 Å². The Bertz CT molecular complexity index is 380. The highest BCUT2D eigenvalue weighted by Gasteiger charge is 2.15. The topological polar surface area (TPSA) is 81.8 Å². The van der Waals surface area contributed by atoms with Gasteiger partial charge in [0.1, 0.15) is 6.61 Å². The minimum Gasteiger partial charge on any atom is -0.484 e. The van der Waals surface area contributed by atoms with Crippen LogP contribution in [-0.2, 0) is 11.3 Å². The summed E-state index contributed by atoms with van der Waals surface area (Å²) in [6.07, 6.45) is 0. The number of nitrogens with zero attached hydrogens (tertiary/aromatic N) is 1. The highest BCUT2D eigenvalue weighted by Crippen LogP contribution is 2.27. The number of nitro benzene ring substituents is 1. The number of aliphatic hydroxyl groups excluding tert-OH is 1. The fraction of sp³-hybridized carbons (Fsp3) is 0.455. The van der Waals surface area contributed by atoms with Crippen LogP contribution in [0.1, 0.15) is 12.5 Å². The van der Waals surface area contributed by atoms with Gasteiger partial charge in [-0.05, 0) is 24.6 Å². The maximum absolute atomic E-state index is 10.7. The first kappa shape index (κ1) is 13.4. The summed E-state index contributed by atoms with van der Waals surface area (Å²) >= 11 is 0. The van der Waals surface area contributed by atoms with E-state index in [1.54, 1.807) is 0 Å². The van der Waals surface area contributed by atoms with Crippen molar-refractivity contribution in [1.29, 1.82) is 0 Å². The fourth-order valence-electron chi connectivity index (χ4n) is 1.28. The molecule has 6 heteroatoms. The van der Waals surface area contributed by atoms with Crippen molar-refractivity contribution >= 4 is 5.69 Å². The van der Waals surface area contributed by atoms with Crippen LogP contribution in [-0.4, -0.2) is 29.9 Å². The highest BCUT2D eigenvalue weighted by atomic mass is 16.6. The average molecular weight is 241 g/mol. The molecule has 1 rings (SSSR count). The average Bonchev–Trinajstić information content (AvgIpc) is 2.34. The van der Waals surface area contributed by atoms with Crippen LogP contribution in [0.5, 0.6) is 5.75 Å². The van der Waals surface area contributed by atoms with E-state index in [1.165, 1.54) is 18.2 Å². The van der Waals surface area contributed by atoms with Crippen LogP contribution in [0.25, 0.3) is 0 Å². The Kier molecular flexibility index (Phi) is 5.38. The lowest BCUT2D eigenvalue weighted by molar-refractivity contribution is -0.385. The van der Waals surface area contributed by atoms with Crippen LogP contribution in [0, 0.1) is 10.1 Å². The van der Waals surface area contributed by atoms with Crippen LogP contribution in [0.15, 0.2) is 18.2 Å². The zero-order valence-electron chi connectivity index (χ0n) is 9.59. The predicted molar refractivity (Wildman–Crippen MR) is 61.0 cm³/mol. The molecule has 6 nitrogen and oxygen atoms in total. The van der Waals surface area contributed by atoms with Gasteiger partial charge in [-0.2, -0.15) is 0 Å². The standard InChI is InChI=1S/C11H15NO5/c1-2-16-5-6-17-11-7-9(8-13)3-4-10(11)12(14)15/h3-4,7,13H,2,5-6,8H2,1H3. The molecule has 0 spiro atoms. The van der Waals surface area contributed by atoms with Crippen molar-refractivity contribution in [2.24, 2.45) is 0 Å². The molecule has 0 unspecified atom stereocenters. The van der Waals surface area contributed by atoms with Crippen LogP contribution < -0.4 is 4.74 Å². The third kappa shape index (κ3) is 4.01. The van der Waals surface area contributed by atoms with E-state index in [9.17, 15) is 10.1 Å². The summed E-state index contributed by atoms with van der Waals surface area (Å²) in [5.41, 5.74) is 0.459. The van der Waals surface area contributed by atoms with Crippen molar-refractivity contribution < 1.29 is 19.5 Å². The van der Waals surface area contributed by atoms with Crippen LogP contribution in [0.2, 0.25) is 0 Å². The van der Waals surface area contributed by atoms with Crippen LogP contribution in [0.4, 0.5) is 5.69 Å². The highest BCUT2D eigenvalue weighted by molar-refractivity contribution is 5.48. The zero-order chi connectivity index (χ0) is 12.7. The van der Waals surface area contributed by atoms with E-state index in [0.29, 0.717) is 18.8 Å². The van der Waals surface area contributed by atoms with Gasteiger partial charge in [-0.15, -0.1) is 0 Å². The third-order valence-corrected chi connectivity index (χ3v) is 2.09. The van der Waals surface area contributed by atoms with Crippen LogP contribution in [0.3, 0.4) is 0 Å². The van der Waals surface area contributed by atoms with E-state index in [0.717, 1.165) is 0 Å². The molecule has 0 bridgehead atoms. The molecule has 0 aliphatic rings. The van der Waals surface area contributed by atoms with Gasteiger partial charge >= 0.3 is 5.69 Å². The number of nitro groups is 1. The molecule has 1 N–H and O–H groups in total. The molecule has 0 aliphatic heterocycles. The zero-order valence-corrected chi connectivity index (χ0v) is 9.59. The van der Waals surface area contributed by atoms with Crippen molar-refractivity contribution in [3.05, 3.63) is 33.9 Å². The Labute approximate surface area is 98.9 Å². The van der Waals surface area contributed by atoms with Gasteiger partial charge in [0, 0.05) is 12.7 Å². The lowest BCUT2D eigenvalue weighted by Crippen LogP contribution is -2.07. The predicted octanol–water partition coefficient (Wildman–Crippen LogP) is 1.50. The smallest absolute Gasteiger partial charge is 0.310 e. The molecular formula is C11H15NO5. The Morgan fingerprint density at radius 2 is 2.18 bits per heavy atom. The molecule has 0 saturated heterocycles. The fourth-order valence-corrected chi connectivity index (χ4v) is 1.28. The van der Waals surface area contributed by atoms with Gasteiger partial charge in [-0.3, -0.25) is 10.1 Å². The molecule has 0 aromatic heterocycles. The Balaban J connectivity index is 2.75. The summed E-state index contributed by atoms with van der Waals surface area (Å²) in [4.78, 5) is 10.2. The molecule has 0 aliphatic carbocycles. The van der Waals surface area contributed by atoms with Gasteiger partial charge < -0.3 is 14.6 Å². The number of ether oxygens (including phenoxy) is 2. The first-order chi connectivity index (χ1) is 8.19. The van der Waals surface area contributed by atoms with E-state index in [2.05, 4.69) is 0 Å². The van der Waals surface area contributed by atoms with Gasteiger partial charge in [0.25, 0.3) is 0 Å². The van der Waals surface area contributed by atoms with Crippen molar-refractivity contribution in [3.8, 4) is 5.75 Å². The van der Waals surface area contributed by atoms with Crippen molar-refractivity contribution in [2.45, 2.75) is 13.5 Å². The summed E-state index contributed by atoms with van der Waals surface area (Å²) in [6.45, 7) is 2.86. The largest absolute Gasteiger partial charge is 0.484 e. The third-order valence-electron chi connectivity index (χ3n) is 2.09. The number of hydrogen-bond donors (Lipinski definition) is 1. The molecule has 17 heavy (non-hydrogen) atoms. The molecule has 0 saturated carbocycles. The first-order valence-corrected chi connectivity index (χ1v) is 5.27. The van der Waals surface area contributed by atoms with Gasteiger partial charge in [-0.1, -0.05) is 0 Å². The Hall–Kier alpha value is -1.66. The number of rotatable bonds is 7. The maximum atomic E-state index is 10.7. The minimum atomic E-state index is -0.517. The maximum Gasteiger partial charge on any atom is 0.310 e. The van der Waals surface area contributed by atoms with E-state index < -0.39 is 4.92 Å². The molecule has 0 atom stereocenters. The SMILES string of the molecule is CCOCCOc1cc(CO)ccc1[N+](=O)[O-]. The first-order valence-electron chi connectivity index (χ1n) is 5.27. The van der Waals surface area contributed by atoms with Crippen molar-refractivity contribution in [2.75, 3.05) is 19.8 Å². The minimum absolute atomic E-state index is 0.112. The quantitative estimate of drug-likeness (QED) is 0.444. The van der Waals surface area contributed by atoms with Crippen molar-refractivity contribution in [3.63, 3.8) is 0 Å². The van der Waals surface area contributed by atoms with Gasteiger partial charge in [0.15, 0.2) is 5.75 Å². The lowest BCUT2D eigenvalue weighted by atomic mass is 10.2. The van der Waals surface area contributed by atoms with E-state index in [1.807, 2.05) is 6.92 Å². The van der Waals surface area contributed by atoms with E-state index in [-0.39, 0.29) is 24.7 Å². The molecule has 1 aromatic carbocycles. The van der Waals surface area contributed by atoms with Gasteiger partial charge in [-0.25, -0.2) is 0 Å². The molecular weight excluding hydrogens is 226 g/mol. The summed E-state index contributed by atoms with van der Waals surface area (Å²) in [5, 5.41) is 19.7. The summed E-state index contributed by atoms with van der Waals surface area (Å²) in [6, 6.07) is 4.28. The second-order valence-electron chi connectivity index (χ2n) is 3.26.